The number of carbonyl (C=O) groups excluding carboxylic acids is 2. The molecule has 0 radical (unpaired) electrons. The second-order valence-electron chi connectivity index (χ2n) is 7.45. The predicted octanol–water partition coefficient (Wildman–Crippen LogP) is 2.06. The molecular formula is C21H31N3O3. The van der Waals surface area contributed by atoms with Crippen molar-refractivity contribution in [3.63, 3.8) is 0 Å². The van der Waals surface area contributed by atoms with Crippen molar-refractivity contribution in [2.75, 3.05) is 50.8 Å². The zero-order chi connectivity index (χ0) is 19.2. The number of piperazine rings is 1. The van der Waals surface area contributed by atoms with Crippen LogP contribution in [0.25, 0.3) is 0 Å². The molecule has 1 amide bonds. The van der Waals surface area contributed by atoms with Crippen LogP contribution in [0.3, 0.4) is 0 Å². The summed E-state index contributed by atoms with van der Waals surface area (Å²) in [5, 5.41) is 0. The smallest absolute Gasteiger partial charge is 0.328 e. The quantitative estimate of drug-likeness (QED) is 0.740. The van der Waals surface area contributed by atoms with E-state index in [1.165, 1.54) is 11.3 Å². The second kappa shape index (κ2) is 9.22. The van der Waals surface area contributed by atoms with Crippen molar-refractivity contribution in [3.8, 4) is 0 Å². The van der Waals surface area contributed by atoms with Gasteiger partial charge in [-0.25, -0.2) is 4.79 Å². The Morgan fingerprint density at radius 2 is 1.89 bits per heavy atom. The number of piperidine rings is 1. The van der Waals surface area contributed by atoms with E-state index >= 15 is 0 Å². The van der Waals surface area contributed by atoms with Crippen molar-refractivity contribution in [1.82, 2.24) is 9.80 Å². The average Bonchev–Trinajstić information content (AvgIpc) is 2.69. The van der Waals surface area contributed by atoms with E-state index in [9.17, 15) is 9.59 Å². The first-order chi connectivity index (χ1) is 13.1. The number of amides is 1. The van der Waals surface area contributed by atoms with E-state index in [-0.39, 0.29) is 11.9 Å². The zero-order valence-electron chi connectivity index (χ0n) is 16.5. The van der Waals surface area contributed by atoms with E-state index in [2.05, 4.69) is 41.0 Å². The topological polar surface area (TPSA) is 53.1 Å². The third-order valence-electron chi connectivity index (χ3n) is 5.48. The molecule has 3 rings (SSSR count). The van der Waals surface area contributed by atoms with Crippen LogP contribution in [0.5, 0.6) is 0 Å². The number of carbonyl (C=O) groups is 2. The number of likely N-dealkylation sites (tertiary alicyclic amines) is 1. The number of ether oxygens (including phenoxy) is 1. The van der Waals surface area contributed by atoms with Gasteiger partial charge >= 0.3 is 5.97 Å². The summed E-state index contributed by atoms with van der Waals surface area (Å²) in [6.45, 7) is 8.87. The standard InChI is InChI=1S/C21H31N3O3/c1-3-27-21(26)19-9-4-5-10-24(19)20(25)16-22-11-13-23(14-12-22)18-8-6-7-17(2)15-18/h6-8,15,19H,3-5,9-14,16H2,1-2H3/t19-/m0/s1. The zero-order valence-corrected chi connectivity index (χ0v) is 16.5. The normalized spacial score (nSPS) is 21.2. The molecule has 6 heteroatoms. The van der Waals surface area contributed by atoms with Crippen LogP contribution in [0.4, 0.5) is 5.69 Å². The number of rotatable bonds is 5. The van der Waals surface area contributed by atoms with Crippen molar-refractivity contribution >= 4 is 17.6 Å². The van der Waals surface area contributed by atoms with E-state index in [0.29, 0.717) is 26.1 Å². The molecule has 1 aromatic carbocycles. The molecule has 2 aliphatic heterocycles. The molecule has 1 aromatic rings. The lowest BCUT2D eigenvalue weighted by Gasteiger charge is -2.38. The molecule has 148 valence electrons. The largest absolute Gasteiger partial charge is 0.464 e. The van der Waals surface area contributed by atoms with Gasteiger partial charge in [0.1, 0.15) is 6.04 Å². The number of benzene rings is 1. The van der Waals surface area contributed by atoms with Gasteiger partial charge in [-0.2, -0.15) is 0 Å². The summed E-state index contributed by atoms with van der Waals surface area (Å²) in [6, 6.07) is 8.15. The van der Waals surface area contributed by atoms with Crippen molar-refractivity contribution in [2.24, 2.45) is 0 Å². The maximum Gasteiger partial charge on any atom is 0.328 e. The number of anilines is 1. The lowest BCUT2D eigenvalue weighted by atomic mass is 10.0. The number of aryl methyl sites for hydroxylation is 1. The fraction of sp³-hybridized carbons (Fsp3) is 0.619. The number of hydrogen-bond acceptors (Lipinski definition) is 5. The first-order valence-electron chi connectivity index (χ1n) is 10.1. The van der Waals surface area contributed by atoms with Crippen molar-refractivity contribution in [3.05, 3.63) is 29.8 Å². The Kier molecular flexibility index (Phi) is 6.72. The third kappa shape index (κ3) is 5.01. The van der Waals surface area contributed by atoms with E-state index < -0.39 is 6.04 Å². The van der Waals surface area contributed by atoms with E-state index in [4.69, 9.17) is 4.74 Å². The van der Waals surface area contributed by atoms with Gasteiger partial charge in [0.15, 0.2) is 0 Å². The van der Waals surface area contributed by atoms with Gasteiger partial charge in [-0.15, -0.1) is 0 Å². The van der Waals surface area contributed by atoms with Gasteiger partial charge in [-0.05, 0) is 50.8 Å². The fourth-order valence-electron chi connectivity index (χ4n) is 3.98. The summed E-state index contributed by atoms with van der Waals surface area (Å²) in [6.07, 6.45) is 2.65. The molecule has 0 N–H and O–H groups in total. The molecule has 0 spiro atoms. The molecule has 2 aliphatic rings. The maximum atomic E-state index is 12.8. The molecule has 27 heavy (non-hydrogen) atoms. The minimum Gasteiger partial charge on any atom is -0.464 e. The summed E-state index contributed by atoms with van der Waals surface area (Å²) in [7, 11) is 0. The number of hydrogen-bond donors (Lipinski definition) is 0. The SMILES string of the molecule is CCOC(=O)[C@@H]1CCCCN1C(=O)CN1CCN(c2cccc(C)c2)CC1. The van der Waals surface area contributed by atoms with Crippen LogP contribution in [-0.2, 0) is 14.3 Å². The lowest BCUT2D eigenvalue weighted by molar-refractivity contribution is -0.157. The lowest BCUT2D eigenvalue weighted by Crippen LogP contribution is -2.54. The monoisotopic (exact) mass is 373 g/mol. The highest BCUT2D eigenvalue weighted by molar-refractivity contribution is 5.85. The van der Waals surface area contributed by atoms with E-state index in [0.717, 1.165) is 39.0 Å². The minimum atomic E-state index is -0.403. The molecule has 2 saturated heterocycles. The van der Waals surface area contributed by atoms with Crippen LogP contribution in [0, 0.1) is 6.92 Å². The Balaban J connectivity index is 1.53. The molecule has 2 fully saturated rings. The van der Waals surface area contributed by atoms with Crippen LogP contribution in [-0.4, -0.2) is 73.6 Å². The highest BCUT2D eigenvalue weighted by Gasteiger charge is 2.34. The summed E-state index contributed by atoms with van der Waals surface area (Å²) >= 11 is 0. The summed E-state index contributed by atoms with van der Waals surface area (Å²) < 4.78 is 5.17. The number of nitrogens with zero attached hydrogens (tertiary/aromatic N) is 3. The summed E-state index contributed by atoms with van der Waals surface area (Å²) in [4.78, 5) is 31.4. The predicted molar refractivity (Wildman–Crippen MR) is 106 cm³/mol. The van der Waals surface area contributed by atoms with Crippen LogP contribution in [0.1, 0.15) is 31.7 Å². The molecule has 0 saturated carbocycles. The Hall–Kier alpha value is -2.08. The van der Waals surface area contributed by atoms with Gasteiger partial charge in [0.2, 0.25) is 5.91 Å². The Bertz CT molecular complexity index is 656. The third-order valence-corrected chi connectivity index (χ3v) is 5.48. The van der Waals surface area contributed by atoms with Gasteiger partial charge in [-0.1, -0.05) is 12.1 Å². The average molecular weight is 373 g/mol. The van der Waals surface area contributed by atoms with Crippen LogP contribution in [0.15, 0.2) is 24.3 Å². The van der Waals surface area contributed by atoms with E-state index in [1.54, 1.807) is 11.8 Å². The fourth-order valence-corrected chi connectivity index (χ4v) is 3.98. The highest BCUT2D eigenvalue weighted by atomic mass is 16.5. The molecule has 0 aromatic heterocycles. The molecule has 0 unspecified atom stereocenters. The molecule has 0 aliphatic carbocycles. The van der Waals surface area contributed by atoms with Gasteiger partial charge in [-0.3, -0.25) is 9.69 Å². The first kappa shape index (κ1) is 19.7. The van der Waals surface area contributed by atoms with E-state index in [1.807, 2.05) is 0 Å². The van der Waals surface area contributed by atoms with Crippen LogP contribution >= 0.6 is 0 Å². The molecule has 0 bridgehead atoms. The van der Waals surface area contributed by atoms with Gasteiger partial charge < -0.3 is 14.5 Å². The van der Waals surface area contributed by atoms with Crippen LogP contribution < -0.4 is 4.90 Å². The second-order valence-corrected chi connectivity index (χ2v) is 7.45. The van der Waals surface area contributed by atoms with Gasteiger partial charge in [0.25, 0.3) is 0 Å². The van der Waals surface area contributed by atoms with Crippen LogP contribution in [0.2, 0.25) is 0 Å². The highest BCUT2D eigenvalue weighted by Crippen LogP contribution is 2.20. The Morgan fingerprint density at radius 3 is 2.59 bits per heavy atom. The Morgan fingerprint density at radius 1 is 1.11 bits per heavy atom. The molecule has 1 atom stereocenters. The van der Waals surface area contributed by atoms with Crippen molar-refractivity contribution < 1.29 is 14.3 Å². The minimum absolute atomic E-state index is 0.0526. The summed E-state index contributed by atoms with van der Waals surface area (Å²) in [5.74, 6) is -0.202. The summed E-state index contributed by atoms with van der Waals surface area (Å²) in [5.41, 5.74) is 2.51. The van der Waals surface area contributed by atoms with Gasteiger partial charge in [0.05, 0.1) is 13.2 Å². The molecule has 6 nitrogen and oxygen atoms in total. The van der Waals surface area contributed by atoms with Gasteiger partial charge in [0, 0.05) is 38.4 Å². The van der Waals surface area contributed by atoms with Crippen molar-refractivity contribution in [1.29, 1.82) is 0 Å². The Labute approximate surface area is 162 Å². The molecular weight excluding hydrogens is 342 g/mol. The molecule has 2 heterocycles. The van der Waals surface area contributed by atoms with Crippen molar-refractivity contribution in [2.45, 2.75) is 39.2 Å². The number of esters is 1. The maximum absolute atomic E-state index is 12.8. The first-order valence-corrected chi connectivity index (χ1v) is 10.1.